The Balaban J connectivity index is 1.96. The van der Waals surface area contributed by atoms with Crippen LogP contribution in [0.5, 0.6) is 0 Å². The number of aryl methyl sites for hydroxylation is 1. The molecule has 0 saturated heterocycles. The second-order valence-corrected chi connectivity index (χ2v) is 6.18. The van der Waals surface area contributed by atoms with E-state index in [9.17, 15) is 21.6 Å². The van der Waals surface area contributed by atoms with E-state index in [1.807, 2.05) is 0 Å². The van der Waals surface area contributed by atoms with Gasteiger partial charge in [-0.25, -0.2) is 13.1 Å². The second-order valence-electron chi connectivity index (χ2n) is 4.45. The Hall–Kier alpha value is -1.94. The fourth-order valence-corrected chi connectivity index (χ4v) is 2.79. The zero-order chi connectivity index (χ0) is 16.4. The Bertz CT molecular complexity index is 739. The highest BCUT2D eigenvalue weighted by molar-refractivity contribution is 7.89. The summed E-state index contributed by atoms with van der Waals surface area (Å²) < 4.78 is 67.8. The molecule has 0 spiro atoms. The van der Waals surface area contributed by atoms with Crippen molar-refractivity contribution in [3.8, 4) is 0 Å². The molecule has 0 aliphatic heterocycles. The molecule has 2 aromatic heterocycles. The lowest BCUT2D eigenvalue weighted by Gasteiger charge is -2.07. The lowest BCUT2D eigenvalue weighted by atomic mass is 10.2. The molecule has 0 aliphatic rings. The monoisotopic (exact) mass is 335 g/mol. The van der Waals surface area contributed by atoms with Crippen molar-refractivity contribution in [3.63, 3.8) is 0 Å². The minimum Gasteiger partial charge on any atom is -0.363 e. The molecule has 0 radical (unpaired) electrons. The van der Waals surface area contributed by atoms with Crippen LogP contribution in [-0.2, 0) is 22.6 Å². The molecule has 0 unspecified atom stereocenters. The number of aromatic nitrogens is 2. The molecule has 0 saturated carbocycles. The van der Waals surface area contributed by atoms with Gasteiger partial charge in [0.05, 0.1) is 5.56 Å². The highest BCUT2D eigenvalue weighted by Crippen LogP contribution is 2.28. The van der Waals surface area contributed by atoms with E-state index in [1.54, 1.807) is 0 Å². The van der Waals surface area contributed by atoms with Crippen molar-refractivity contribution in [2.75, 3.05) is 6.54 Å². The van der Waals surface area contributed by atoms with Crippen molar-refractivity contribution in [1.82, 2.24) is 14.9 Å². The van der Waals surface area contributed by atoms with Crippen LogP contribution in [0.3, 0.4) is 0 Å². The van der Waals surface area contributed by atoms with Gasteiger partial charge < -0.3 is 4.52 Å². The van der Waals surface area contributed by atoms with Crippen molar-refractivity contribution in [3.05, 3.63) is 41.5 Å². The van der Waals surface area contributed by atoms with E-state index in [0.29, 0.717) is 11.9 Å². The number of pyridine rings is 1. The summed E-state index contributed by atoms with van der Waals surface area (Å²) in [5.41, 5.74) is -0.283. The van der Waals surface area contributed by atoms with Crippen molar-refractivity contribution >= 4 is 10.0 Å². The largest absolute Gasteiger partial charge is 0.417 e. The number of nitrogens with one attached hydrogen (secondary N) is 1. The minimum absolute atomic E-state index is 0.00861. The Morgan fingerprint density at radius 1 is 1.32 bits per heavy atom. The van der Waals surface area contributed by atoms with Crippen LogP contribution in [0.1, 0.15) is 17.0 Å². The van der Waals surface area contributed by atoms with Gasteiger partial charge in [-0.2, -0.15) is 13.2 Å². The number of nitrogens with zero attached hydrogens (tertiary/aromatic N) is 2. The van der Waals surface area contributed by atoms with Crippen LogP contribution in [0.25, 0.3) is 0 Å². The molecular weight excluding hydrogens is 323 g/mol. The lowest BCUT2D eigenvalue weighted by Crippen LogP contribution is -2.26. The molecule has 0 aliphatic carbocycles. The molecule has 10 heteroatoms. The molecule has 0 fully saturated rings. The third-order valence-electron chi connectivity index (χ3n) is 2.82. The Morgan fingerprint density at radius 3 is 2.55 bits per heavy atom. The molecule has 2 aromatic rings. The maximum Gasteiger partial charge on any atom is 0.417 e. The van der Waals surface area contributed by atoms with Gasteiger partial charge in [-0.15, -0.1) is 0 Å². The molecule has 120 valence electrons. The maximum atomic E-state index is 12.4. The van der Waals surface area contributed by atoms with Crippen LogP contribution in [0.15, 0.2) is 34.0 Å². The minimum atomic E-state index is -4.45. The van der Waals surface area contributed by atoms with Gasteiger partial charge in [-0.3, -0.25) is 4.98 Å². The van der Waals surface area contributed by atoms with E-state index >= 15 is 0 Å². The molecule has 0 bridgehead atoms. The number of rotatable bonds is 5. The molecular formula is C12H12F3N3O3S. The van der Waals surface area contributed by atoms with Crippen LogP contribution in [0.2, 0.25) is 0 Å². The number of sulfonamides is 1. The Morgan fingerprint density at radius 2 is 2.05 bits per heavy atom. The first-order valence-corrected chi connectivity index (χ1v) is 7.61. The van der Waals surface area contributed by atoms with E-state index in [4.69, 9.17) is 0 Å². The molecule has 0 amide bonds. The van der Waals surface area contributed by atoms with Gasteiger partial charge in [0.25, 0.3) is 0 Å². The summed E-state index contributed by atoms with van der Waals surface area (Å²) in [5.74, 6) is 0. The molecule has 22 heavy (non-hydrogen) atoms. The Kier molecular flexibility index (Phi) is 4.52. The number of hydrogen-bond donors (Lipinski definition) is 1. The first-order chi connectivity index (χ1) is 10.2. The van der Waals surface area contributed by atoms with Crippen molar-refractivity contribution in [2.45, 2.75) is 24.4 Å². The van der Waals surface area contributed by atoms with E-state index in [0.717, 1.165) is 12.3 Å². The van der Waals surface area contributed by atoms with E-state index in [-0.39, 0.29) is 23.6 Å². The van der Waals surface area contributed by atoms with Gasteiger partial charge >= 0.3 is 6.18 Å². The summed E-state index contributed by atoms with van der Waals surface area (Å²) in [4.78, 5) is 3.58. The van der Waals surface area contributed by atoms with Gasteiger partial charge in [0.2, 0.25) is 10.0 Å². The third-order valence-corrected chi connectivity index (χ3v) is 4.38. The predicted octanol–water partition coefficient (Wildman–Crippen LogP) is 1.92. The van der Waals surface area contributed by atoms with Crippen molar-refractivity contribution in [2.24, 2.45) is 0 Å². The fourth-order valence-electron chi connectivity index (χ4n) is 1.67. The van der Waals surface area contributed by atoms with Crippen LogP contribution in [0, 0.1) is 6.92 Å². The van der Waals surface area contributed by atoms with Gasteiger partial charge in [0, 0.05) is 24.9 Å². The zero-order valence-corrected chi connectivity index (χ0v) is 12.2. The maximum absolute atomic E-state index is 12.4. The van der Waals surface area contributed by atoms with Crippen LogP contribution in [-0.4, -0.2) is 25.1 Å². The van der Waals surface area contributed by atoms with Crippen LogP contribution >= 0.6 is 0 Å². The zero-order valence-electron chi connectivity index (χ0n) is 11.4. The molecule has 0 aromatic carbocycles. The SMILES string of the molecule is Cc1nocc1S(=O)(=O)NCCc1ccc(C(F)(F)F)cn1. The topological polar surface area (TPSA) is 85.1 Å². The highest BCUT2D eigenvalue weighted by Gasteiger charge is 2.30. The van der Waals surface area contributed by atoms with Gasteiger partial charge in [0.15, 0.2) is 0 Å². The van der Waals surface area contributed by atoms with Crippen LogP contribution in [0.4, 0.5) is 13.2 Å². The molecule has 6 nitrogen and oxygen atoms in total. The van der Waals surface area contributed by atoms with Crippen molar-refractivity contribution in [1.29, 1.82) is 0 Å². The van der Waals surface area contributed by atoms with E-state index < -0.39 is 21.8 Å². The first kappa shape index (κ1) is 16.4. The highest BCUT2D eigenvalue weighted by atomic mass is 32.2. The summed E-state index contributed by atoms with van der Waals surface area (Å²) in [5, 5.41) is 3.47. The lowest BCUT2D eigenvalue weighted by molar-refractivity contribution is -0.137. The summed E-state index contributed by atoms with van der Waals surface area (Å²) in [7, 11) is -3.76. The molecule has 2 rings (SSSR count). The molecule has 1 N–H and O–H groups in total. The summed E-state index contributed by atoms with van der Waals surface area (Å²) in [6.45, 7) is 1.47. The van der Waals surface area contributed by atoms with Gasteiger partial charge in [-0.05, 0) is 19.1 Å². The second kappa shape index (κ2) is 6.05. The first-order valence-electron chi connectivity index (χ1n) is 6.13. The van der Waals surface area contributed by atoms with E-state index in [2.05, 4.69) is 19.4 Å². The predicted molar refractivity (Wildman–Crippen MR) is 69.4 cm³/mol. The van der Waals surface area contributed by atoms with Gasteiger partial charge in [0.1, 0.15) is 16.9 Å². The number of hydrogen-bond acceptors (Lipinski definition) is 5. The smallest absolute Gasteiger partial charge is 0.363 e. The molecule has 2 heterocycles. The number of alkyl halides is 3. The fraction of sp³-hybridized carbons (Fsp3) is 0.333. The summed E-state index contributed by atoms with van der Waals surface area (Å²) in [6, 6.07) is 2.11. The summed E-state index contributed by atoms with van der Waals surface area (Å²) >= 11 is 0. The normalized spacial score (nSPS) is 12.5. The summed E-state index contributed by atoms with van der Waals surface area (Å²) in [6.07, 6.45) is -2.57. The standard InChI is InChI=1S/C12H12F3N3O3S/c1-8-11(7-21-18-8)22(19,20)17-5-4-10-3-2-9(6-16-10)12(13,14)15/h2-3,6-7,17H,4-5H2,1H3. The Labute approximate surface area is 124 Å². The third kappa shape index (κ3) is 3.83. The molecule has 0 atom stereocenters. The van der Waals surface area contributed by atoms with E-state index in [1.165, 1.54) is 13.0 Å². The van der Waals surface area contributed by atoms with Crippen molar-refractivity contribution < 1.29 is 26.1 Å². The average molecular weight is 335 g/mol. The van der Waals surface area contributed by atoms with Gasteiger partial charge in [-0.1, -0.05) is 5.16 Å². The number of halogens is 3. The van der Waals surface area contributed by atoms with Crippen LogP contribution < -0.4 is 4.72 Å². The average Bonchev–Trinajstić information content (AvgIpc) is 2.85. The quantitative estimate of drug-likeness (QED) is 0.902.